The minimum absolute atomic E-state index is 0.0847. The van der Waals surface area contributed by atoms with E-state index in [4.69, 9.17) is 4.74 Å². The van der Waals surface area contributed by atoms with Crippen LogP contribution in [-0.2, 0) is 14.3 Å². The molecule has 1 aromatic heterocycles. The fourth-order valence-corrected chi connectivity index (χ4v) is 5.64. The summed E-state index contributed by atoms with van der Waals surface area (Å²) in [6.07, 6.45) is 1.73. The fourth-order valence-electron chi connectivity index (χ4n) is 4.59. The molecule has 0 spiro atoms. The number of carbonyl (C=O) groups is 2. The number of ketones is 1. The van der Waals surface area contributed by atoms with Gasteiger partial charge in [-0.05, 0) is 47.5 Å². The Labute approximate surface area is 184 Å². The molecule has 5 rings (SSSR count). The number of aliphatic hydroxyl groups is 1. The molecule has 5 nitrogen and oxygen atoms in total. The number of thiophene rings is 1. The lowest BCUT2D eigenvalue weighted by atomic mass is 9.95. The Balaban J connectivity index is 1.68. The lowest BCUT2D eigenvalue weighted by Crippen LogP contribution is -2.36. The summed E-state index contributed by atoms with van der Waals surface area (Å²) in [6, 6.07) is 14.7. The minimum atomic E-state index is -0.638. The van der Waals surface area contributed by atoms with Gasteiger partial charge in [0.05, 0.1) is 17.7 Å². The summed E-state index contributed by atoms with van der Waals surface area (Å²) in [4.78, 5) is 28.8. The second-order valence-electron chi connectivity index (χ2n) is 8.08. The third-order valence-corrected chi connectivity index (χ3v) is 7.23. The van der Waals surface area contributed by atoms with E-state index in [2.05, 4.69) is 0 Å². The van der Waals surface area contributed by atoms with Crippen molar-refractivity contribution in [2.75, 3.05) is 13.2 Å². The Morgan fingerprint density at radius 2 is 1.97 bits per heavy atom. The van der Waals surface area contributed by atoms with E-state index in [1.54, 1.807) is 11.0 Å². The zero-order valence-electron chi connectivity index (χ0n) is 17.2. The topological polar surface area (TPSA) is 66.8 Å². The van der Waals surface area contributed by atoms with Gasteiger partial charge in [0.15, 0.2) is 0 Å². The van der Waals surface area contributed by atoms with Crippen LogP contribution in [-0.4, -0.2) is 41.0 Å². The highest BCUT2D eigenvalue weighted by Crippen LogP contribution is 2.43. The molecule has 0 radical (unpaired) electrons. The van der Waals surface area contributed by atoms with Crippen molar-refractivity contribution in [3.8, 4) is 0 Å². The molecule has 2 aromatic carbocycles. The maximum Gasteiger partial charge on any atom is 0.295 e. The quantitative estimate of drug-likeness (QED) is 0.364. The molecule has 2 aliphatic heterocycles. The van der Waals surface area contributed by atoms with E-state index in [0.29, 0.717) is 18.7 Å². The highest BCUT2D eigenvalue weighted by Gasteiger charge is 2.48. The molecular weight excluding hydrogens is 410 g/mol. The minimum Gasteiger partial charge on any atom is -0.507 e. The van der Waals surface area contributed by atoms with Crippen LogP contribution >= 0.6 is 11.3 Å². The highest BCUT2D eigenvalue weighted by molar-refractivity contribution is 7.10. The normalized spacial score (nSPS) is 23.2. The van der Waals surface area contributed by atoms with Crippen molar-refractivity contribution in [3.05, 3.63) is 75.5 Å². The molecule has 31 heavy (non-hydrogen) atoms. The van der Waals surface area contributed by atoms with E-state index in [1.807, 2.05) is 54.8 Å². The van der Waals surface area contributed by atoms with Crippen LogP contribution in [0.4, 0.5) is 0 Å². The Morgan fingerprint density at radius 1 is 1.16 bits per heavy atom. The number of hydrogen-bond donors (Lipinski definition) is 1. The zero-order valence-corrected chi connectivity index (χ0v) is 18.0. The number of aliphatic hydroxyl groups excluding tert-OH is 1. The van der Waals surface area contributed by atoms with Gasteiger partial charge < -0.3 is 14.7 Å². The molecule has 3 aromatic rings. The second kappa shape index (κ2) is 7.94. The average molecular weight is 434 g/mol. The first-order valence-corrected chi connectivity index (χ1v) is 11.4. The summed E-state index contributed by atoms with van der Waals surface area (Å²) in [6.45, 7) is 2.99. The van der Waals surface area contributed by atoms with Gasteiger partial charge in [-0.15, -0.1) is 11.3 Å². The van der Waals surface area contributed by atoms with Crippen molar-refractivity contribution >= 4 is 39.6 Å². The van der Waals surface area contributed by atoms with E-state index < -0.39 is 17.7 Å². The SMILES string of the molecule is Cc1ccsc1C1/C(=C(\O)c2cccc3ccccc23)C(=O)C(=O)N1CC1CCCO1. The van der Waals surface area contributed by atoms with E-state index in [9.17, 15) is 14.7 Å². The predicted molar refractivity (Wildman–Crippen MR) is 121 cm³/mol. The molecule has 0 bridgehead atoms. The van der Waals surface area contributed by atoms with Gasteiger partial charge in [-0.3, -0.25) is 9.59 Å². The molecule has 2 fully saturated rings. The summed E-state index contributed by atoms with van der Waals surface area (Å²) in [5.74, 6) is -1.33. The van der Waals surface area contributed by atoms with E-state index in [1.165, 1.54) is 11.3 Å². The number of Topliss-reactive ketones (excluding diaryl/α,β-unsaturated/α-hetero) is 1. The van der Waals surface area contributed by atoms with Crippen LogP contribution in [0.1, 0.15) is 34.9 Å². The molecule has 1 N–H and O–H groups in total. The second-order valence-corrected chi connectivity index (χ2v) is 9.03. The van der Waals surface area contributed by atoms with Crippen LogP contribution in [0.5, 0.6) is 0 Å². The first-order valence-electron chi connectivity index (χ1n) is 10.5. The van der Waals surface area contributed by atoms with Crippen molar-refractivity contribution in [1.29, 1.82) is 0 Å². The summed E-state index contributed by atoms with van der Waals surface area (Å²) < 4.78 is 5.75. The van der Waals surface area contributed by atoms with Crippen LogP contribution < -0.4 is 0 Å². The first-order chi connectivity index (χ1) is 15.1. The number of benzene rings is 2. The molecule has 3 heterocycles. The van der Waals surface area contributed by atoms with Gasteiger partial charge in [0.2, 0.25) is 0 Å². The fraction of sp³-hybridized carbons (Fsp3) is 0.280. The maximum absolute atomic E-state index is 13.2. The standard InChI is InChI=1S/C25H23NO4S/c1-15-11-13-31-24(15)21-20(23(28)25(29)26(21)14-17-8-5-12-30-17)22(27)19-10-4-7-16-6-2-3-9-18(16)19/h2-4,6-7,9-11,13,17,21,27H,5,8,12,14H2,1H3/b22-20+. The van der Waals surface area contributed by atoms with E-state index in [-0.39, 0.29) is 17.4 Å². The van der Waals surface area contributed by atoms with Crippen molar-refractivity contribution in [2.24, 2.45) is 0 Å². The molecule has 2 unspecified atom stereocenters. The van der Waals surface area contributed by atoms with Crippen molar-refractivity contribution in [3.63, 3.8) is 0 Å². The Bertz CT molecular complexity index is 1200. The number of carbonyl (C=O) groups excluding carboxylic acids is 2. The molecule has 2 saturated heterocycles. The summed E-state index contributed by atoms with van der Waals surface area (Å²) in [5, 5.41) is 15.2. The monoisotopic (exact) mass is 433 g/mol. The van der Waals surface area contributed by atoms with Crippen LogP contribution in [0.25, 0.3) is 16.5 Å². The third kappa shape index (κ3) is 3.36. The van der Waals surface area contributed by atoms with Crippen LogP contribution in [0.2, 0.25) is 0 Å². The molecule has 6 heteroatoms. The average Bonchev–Trinajstić information content (AvgIpc) is 3.50. The number of amides is 1. The predicted octanol–water partition coefficient (Wildman–Crippen LogP) is 4.81. The number of aryl methyl sites for hydroxylation is 1. The number of rotatable bonds is 4. The molecule has 2 aliphatic rings. The van der Waals surface area contributed by atoms with Crippen LogP contribution in [0.15, 0.2) is 59.5 Å². The number of ether oxygens (including phenoxy) is 1. The summed E-state index contributed by atoms with van der Waals surface area (Å²) in [5.41, 5.74) is 1.72. The molecule has 158 valence electrons. The zero-order chi connectivity index (χ0) is 21.5. The lowest BCUT2D eigenvalue weighted by molar-refractivity contribution is -0.140. The molecule has 1 amide bonds. The van der Waals surface area contributed by atoms with E-state index in [0.717, 1.165) is 34.1 Å². The van der Waals surface area contributed by atoms with Gasteiger partial charge in [-0.1, -0.05) is 42.5 Å². The Kier molecular flexibility index (Phi) is 5.12. The van der Waals surface area contributed by atoms with Gasteiger partial charge in [-0.2, -0.15) is 0 Å². The number of likely N-dealkylation sites (tertiary alicyclic amines) is 1. The van der Waals surface area contributed by atoms with Gasteiger partial charge in [0.25, 0.3) is 11.7 Å². The third-order valence-electron chi connectivity index (χ3n) is 6.16. The number of hydrogen-bond acceptors (Lipinski definition) is 5. The molecule has 0 saturated carbocycles. The van der Waals surface area contributed by atoms with Gasteiger partial charge in [0, 0.05) is 23.6 Å². The summed E-state index contributed by atoms with van der Waals surface area (Å²) >= 11 is 1.50. The molecule has 2 atom stereocenters. The van der Waals surface area contributed by atoms with Crippen molar-refractivity contribution in [2.45, 2.75) is 31.9 Å². The highest BCUT2D eigenvalue weighted by atomic mass is 32.1. The van der Waals surface area contributed by atoms with Gasteiger partial charge in [0.1, 0.15) is 5.76 Å². The number of fused-ring (bicyclic) bond motifs is 1. The van der Waals surface area contributed by atoms with Crippen LogP contribution in [0, 0.1) is 6.92 Å². The maximum atomic E-state index is 13.2. The number of nitrogens with zero attached hydrogens (tertiary/aromatic N) is 1. The van der Waals surface area contributed by atoms with E-state index >= 15 is 0 Å². The Morgan fingerprint density at radius 3 is 2.71 bits per heavy atom. The first kappa shape index (κ1) is 20.0. The molecular formula is C25H23NO4S. The van der Waals surface area contributed by atoms with Crippen molar-refractivity contribution < 1.29 is 19.4 Å². The van der Waals surface area contributed by atoms with Gasteiger partial charge in [-0.25, -0.2) is 0 Å². The lowest BCUT2D eigenvalue weighted by Gasteiger charge is -2.27. The molecule has 0 aliphatic carbocycles. The van der Waals surface area contributed by atoms with Crippen molar-refractivity contribution in [1.82, 2.24) is 4.90 Å². The Hall–Kier alpha value is -2.96. The summed E-state index contributed by atoms with van der Waals surface area (Å²) in [7, 11) is 0. The van der Waals surface area contributed by atoms with Gasteiger partial charge >= 0.3 is 0 Å². The smallest absolute Gasteiger partial charge is 0.295 e. The van der Waals surface area contributed by atoms with Crippen LogP contribution in [0.3, 0.4) is 0 Å². The largest absolute Gasteiger partial charge is 0.507 e.